The van der Waals surface area contributed by atoms with Gasteiger partial charge in [-0.25, -0.2) is 0 Å². The van der Waals surface area contributed by atoms with E-state index in [0.29, 0.717) is 18.6 Å². The number of hydrogen-bond donors (Lipinski definition) is 4. The predicted molar refractivity (Wildman–Crippen MR) is 58.7 cm³/mol. The van der Waals surface area contributed by atoms with E-state index in [-0.39, 0.29) is 0 Å². The topological polar surface area (TPSA) is 98.0 Å². The van der Waals surface area contributed by atoms with Crippen molar-refractivity contribution in [2.75, 3.05) is 0 Å². The summed E-state index contributed by atoms with van der Waals surface area (Å²) in [5.41, 5.74) is 0. The minimum absolute atomic E-state index is 0.343. The minimum atomic E-state index is -0.708. The number of carbonyl (C=O) groups is 1. The lowest BCUT2D eigenvalue weighted by molar-refractivity contribution is -0.118. The Labute approximate surface area is 93.6 Å². The maximum absolute atomic E-state index is 10.2. The fourth-order valence-corrected chi connectivity index (χ4v) is 0.808. The van der Waals surface area contributed by atoms with Crippen LogP contribution < -0.4 is 0 Å². The summed E-state index contributed by atoms with van der Waals surface area (Å²) in [4.78, 5) is 10.2. The van der Waals surface area contributed by atoms with E-state index in [1.54, 1.807) is 0 Å². The number of benzene rings is 1. The lowest BCUT2D eigenvalue weighted by atomic mass is 10.3. The Morgan fingerprint density at radius 3 is 1.44 bits per heavy atom. The third-order valence-electron chi connectivity index (χ3n) is 1.90. The van der Waals surface area contributed by atoms with E-state index in [2.05, 4.69) is 0 Å². The smallest absolute Gasteiger partial charge is 0.204 e. The maximum Gasteiger partial charge on any atom is 0.204 e. The molecule has 0 radical (unpaired) electrons. The molecule has 0 saturated carbocycles. The Hall–Kier alpha value is -1.91. The van der Waals surface area contributed by atoms with Gasteiger partial charge in [-0.05, 0) is 12.1 Å². The van der Waals surface area contributed by atoms with Crippen molar-refractivity contribution < 1.29 is 25.2 Å². The van der Waals surface area contributed by atoms with Gasteiger partial charge in [-0.1, -0.05) is 13.8 Å². The van der Waals surface area contributed by atoms with Crippen LogP contribution in [0.15, 0.2) is 12.1 Å². The third kappa shape index (κ3) is 4.08. The first-order valence-corrected chi connectivity index (χ1v) is 4.88. The molecule has 0 fully saturated rings. The lowest BCUT2D eigenvalue weighted by Gasteiger charge is -2.00. The maximum atomic E-state index is 10.2. The first kappa shape index (κ1) is 14.1. The number of aromatic hydroxyl groups is 4. The second-order valence-corrected chi connectivity index (χ2v) is 3.05. The third-order valence-corrected chi connectivity index (χ3v) is 1.90. The van der Waals surface area contributed by atoms with Crippen LogP contribution >= 0.6 is 0 Å². The minimum Gasteiger partial charge on any atom is -0.504 e. The van der Waals surface area contributed by atoms with Crippen LogP contribution in [0.25, 0.3) is 0 Å². The number of phenols is 4. The van der Waals surface area contributed by atoms with Gasteiger partial charge in [-0.2, -0.15) is 0 Å². The molecule has 90 valence electrons. The van der Waals surface area contributed by atoms with E-state index >= 15 is 0 Å². The van der Waals surface area contributed by atoms with Gasteiger partial charge in [0.25, 0.3) is 0 Å². The summed E-state index contributed by atoms with van der Waals surface area (Å²) in [5, 5.41) is 34.9. The lowest BCUT2D eigenvalue weighted by Crippen LogP contribution is -1.88. The number of carbonyl (C=O) groups excluding carboxylic acids is 1. The number of rotatable bonds is 2. The summed E-state index contributed by atoms with van der Waals surface area (Å²) in [6.07, 6.45) is 1.38. The molecule has 0 bridgehead atoms. The average Bonchev–Trinajstić information content (AvgIpc) is 2.31. The summed E-state index contributed by atoms with van der Waals surface area (Å²) >= 11 is 0. The summed E-state index contributed by atoms with van der Waals surface area (Å²) in [6, 6.07) is 2.15. The van der Waals surface area contributed by atoms with E-state index in [4.69, 9.17) is 20.4 Å². The highest BCUT2D eigenvalue weighted by molar-refractivity contribution is 5.77. The Kier molecular flexibility index (Phi) is 5.77. The molecular formula is C11H16O5. The van der Waals surface area contributed by atoms with Crippen molar-refractivity contribution in [1.29, 1.82) is 0 Å². The molecule has 0 heterocycles. The van der Waals surface area contributed by atoms with Gasteiger partial charge in [0.15, 0.2) is 11.5 Å². The van der Waals surface area contributed by atoms with Crippen LogP contribution in [-0.4, -0.2) is 26.2 Å². The van der Waals surface area contributed by atoms with Crippen LogP contribution in [0, 0.1) is 0 Å². The molecule has 16 heavy (non-hydrogen) atoms. The van der Waals surface area contributed by atoms with Crippen LogP contribution in [0.2, 0.25) is 0 Å². The largest absolute Gasteiger partial charge is 0.504 e. The number of ketones is 1. The molecule has 0 aromatic heterocycles. The highest BCUT2D eigenvalue weighted by atomic mass is 16.3. The molecule has 1 aromatic carbocycles. The molecular weight excluding hydrogens is 212 g/mol. The van der Waals surface area contributed by atoms with Gasteiger partial charge >= 0.3 is 0 Å². The zero-order valence-corrected chi connectivity index (χ0v) is 9.27. The van der Waals surface area contributed by atoms with Crippen molar-refractivity contribution in [3.05, 3.63) is 12.1 Å². The summed E-state index contributed by atoms with van der Waals surface area (Å²) in [5.74, 6) is -2.00. The van der Waals surface area contributed by atoms with Gasteiger partial charge in [-0.3, -0.25) is 4.79 Å². The number of phenolic OH excluding ortho intramolecular Hbond substituents is 4. The standard InChI is InChI=1S/C6H6O4.C5H10O/c7-3-1-2-4(8)6(10)5(3)9;1-3-5(6)4-2/h1-2,7-10H;3-4H2,1-2H3. The van der Waals surface area contributed by atoms with Gasteiger partial charge in [0.05, 0.1) is 0 Å². The molecule has 5 nitrogen and oxygen atoms in total. The monoisotopic (exact) mass is 228 g/mol. The Balaban J connectivity index is 0.000000325. The zero-order valence-electron chi connectivity index (χ0n) is 9.27. The molecule has 0 aliphatic rings. The molecule has 0 aliphatic carbocycles. The van der Waals surface area contributed by atoms with Gasteiger partial charge in [-0.15, -0.1) is 0 Å². The molecule has 5 heteroatoms. The Morgan fingerprint density at radius 1 is 0.938 bits per heavy atom. The molecule has 0 aliphatic heterocycles. The molecule has 0 spiro atoms. The van der Waals surface area contributed by atoms with Gasteiger partial charge in [0.2, 0.25) is 11.5 Å². The van der Waals surface area contributed by atoms with Crippen LogP contribution in [0.5, 0.6) is 23.0 Å². The quantitative estimate of drug-likeness (QED) is 0.457. The number of Topliss-reactive ketones (excluding diaryl/α,β-unsaturated/α-hetero) is 1. The van der Waals surface area contributed by atoms with Crippen LogP contribution in [0.3, 0.4) is 0 Å². The highest BCUT2D eigenvalue weighted by Crippen LogP contribution is 2.40. The van der Waals surface area contributed by atoms with Crippen molar-refractivity contribution in [1.82, 2.24) is 0 Å². The fourth-order valence-electron chi connectivity index (χ4n) is 0.808. The van der Waals surface area contributed by atoms with Crippen LogP contribution in [0.4, 0.5) is 0 Å². The molecule has 0 atom stereocenters. The summed E-state index contributed by atoms with van der Waals surface area (Å²) < 4.78 is 0. The normalized spacial score (nSPS) is 9.12. The van der Waals surface area contributed by atoms with Gasteiger partial charge in [0.1, 0.15) is 5.78 Å². The molecule has 0 saturated heterocycles. The first-order chi connectivity index (χ1) is 7.43. The number of hydrogen-bond acceptors (Lipinski definition) is 5. The molecule has 1 aromatic rings. The zero-order chi connectivity index (χ0) is 12.7. The van der Waals surface area contributed by atoms with Crippen molar-refractivity contribution in [3.63, 3.8) is 0 Å². The fraction of sp³-hybridized carbons (Fsp3) is 0.364. The van der Waals surface area contributed by atoms with Gasteiger partial charge < -0.3 is 20.4 Å². The van der Waals surface area contributed by atoms with Crippen LogP contribution in [0.1, 0.15) is 26.7 Å². The summed E-state index contributed by atoms with van der Waals surface area (Å²) in [6.45, 7) is 3.76. The molecule has 4 N–H and O–H groups in total. The molecule has 1 rings (SSSR count). The highest BCUT2D eigenvalue weighted by Gasteiger charge is 2.08. The van der Waals surface area contributed by atoms with E-state index < -0.39 is 23.0 Å². The Bertz CT molecular complexity index is 327. The summed E-state index contributed by atoms with van der Waals surface area (Å²) in [7, 11) is 0. The van der Waals surface area contributed by atoms with E-state index in [0.717, 1.165) is 12.1 Å². The van der Waals surface area contributed by atoms with Crippen molar-refractivity contribution in [3.8, 4) is 23.0 Å². The average molecular weight is 228 g/mol. The Morgan fingerprint density at radius 2 is 1.25 bits per heavy atom. The molecule has 0 amide bonds. The first-order valence-electron chi connectivity index (χ1n) is 4.88. The predicted octanol–water partition coefficient (Wildman–Crippen LogP) is 1.88. The van der Waals surface area contributed by atoms with E-state index in [1.165, 1.54) is 0 Å². The second-order valence-electron chi connectivity index (χ2n) is 3.05. The van der Waals surface area contributed by atoms with E-state index in [1.807, 2.05) is 13.8 Å². The van der Waals surface area contributed by atoms with Crippen molar-refractivity contribution in [2.24, 2.45) is 0 Å². The van der Waals surface area contributed by atoms with E-state index in [9.17, 15) is 4.79 Å². The molecule has 0 unspecified atom stereocenters. The van der Waals surface area contributed by atoms with Crippen LogP contribution in [-0.2, 0) is 4.79 Å². The van der Waals surface area contributed by atoms with Crippen molar-refractivity contribution in [2.45, 2.75) is 26.7 Å². The van der Waals surface area contributed by atoms with Gasteiger partial charge in [0, 0.05) is 12.8 Å². The SMILES string of the molecule is CCC(=O)CC.Oc1ccc(O)c(O)c1O. The second kappa shape index (κ2) is 6.55. The van der Waals surface area contributed by atoms with Crippen molar-refractivity contribution >= 4 is 5.78 Å².